The molecule has 2 aromatic carbocycles. The van der Waals surface area contributed by atoms with Crippen LogP contribution in [0.15, 0.2) is 42.5 Å². The summed E-state index contributed by atoms with van der Waals surface area (Å²) >= 11 is 12.4. The smallest absolute Gasteiger partial charge is 0.243 e. The van der Waals surface area contributed by atoms with Gasteiger partial charge < -0.3 is 10.2 Å². The molecule has 2 amide bonds. The largest absolute Gasteiger partial charge is 0.350 e. The van der Waals surface area contributed by atoms with E-state index < -0.39 is 6.04 Å². The zero-order valence-electron chi connectivity index (χ0n) is 19.0. The zero-order chi connectivity index (χ0) is 23.2. The van der Waals surface area contributed by atoms with Crippen LogP contribution >= 0.6 is 23.2 Å². The van der Waals surface area contributed by atoms with Crippen molar-refractivity contribution in [3.63, 3.8) is 0 Å². The second-order valence-electron chi connectivity index (χ2n) is 8.91. The first-order valence-corrected chi connectivity index (χ1v) is 11.4. The minimum absolute atomic E-state index is 0.0810. The van der Waals surface area contributed by atoms with Crippen molar-refractivity contribution in [2.45, 2.75) is 72.0 Å². The lowest BCUT2D eigenvalue weighted by Crippen LogP contribution is -2.53. The van der Waals surface area contributed by atoms with Gasteiger partial charge >= 0.3 is 0 Å². The molecule has 0 saturated heterocycles. The van der Waals surface area contributed by atoms with Crippen LogP contribution in [0.5, 0.6) is 0 Å². The first kappa shape index (κ1) is 25.2. The zero-order valence-corrected chi connectivity index (χ0v) is 20.5. The molecule has 31 heavy (non-hydrogen) atoms. The van der Waals surface area contributed by atoms with Crippen molar-refractivity contribution >= 4 is 35.0 Å². The molecule has 6 heteroatoms. The number of benzene rings is 2. The molecule has 0 heterocycles. The quantitative estimate of drug-likeness (QED) is 0.526. The summed E-state index contributed by atoms with van der Waals surface area (Å²) in [4.78, 5) is 28.0. The Hall–Kier alpha value is -2.04. The fourth-order valence-corrected chi connectivity index (χ4v) is 3.82. The molecule has 0 aliphatic rings. The van der Waals surface area contributed by atoms with Crippen molar-refractivity contribution in [1.82, 2.24) is 10.2 Å². The van der Waals surface area contributed by atoms with Crippen LogP contribution in [0, 0.1) is 6.92 Å². The molecule has 0 aromatic heterocycles. The fourth-order valence-electron chi connectivity index (χ4n) is 3.36. The number of aryl methyl sites for hydroxylation is 2. The normalized spacial score (nSPS) is 12.4. The molecule has 4 nitrogen and oxygen atoms in total. The van der Waals surface area contributed by atoms with Gasteiger partial charge in [-0.05, 0) is 63.8 Å². The monoisotopic (exact) mass is 462 g/mol. The summed E-state index contributed by atoms with van der Waals surface area (Å²) in [7, 11) is 0. The van der Waals surface area contributed by atoms with Gasteiger partial charge in [-0.25, -0.2) is 0 Å². The Bertz CT molecular complexity index is 905. The van der Waals surface area contributed by atoms with E-state index in [4.69, 9.17) is 23.2 Å². The number of carbonyl (C=O) groups excluding carboxylic acids is 2. The van der Waals surface area contributed by atoms with E-state index in [1.54, 1.807) is 23.1 Å². The third-order valence-corrected chi connectivity index (χ3v) is 5.58. The number of halogens is 2. The van der Waals surface area contributed by atoms with E-state index in [0.29, 0.717) is 29.3 Å². The van der Waals surface area contributed by atoms with Gasteiger partial charge in [-0.2, -0.15) is 0 Å². The molecule has 0 spiro atoms. The lowest BCUT2D eigenvalue weighted by molar-refractivity contribution is -0.142. The van der Waals surface area contributed by atoms with Crippen molar-refractivity contribution in [3.05, 3.63) is 69.2 Å². The highest BCUT2D eigenvalue weighted by atomic mass is 35.5. The molecule has 0 aliphatic heterocycles. The predicted molar refractivity (Wildman–Crippen MR) is 128 cm³/mol. The van der Waals surface area contributed by atoms with E-state index in [2.05, 4.69) is 5.32 Å². The van der Waals surface area contributed by atoms with Crippen LogP contribution in [-0.4, -0.2) is 28.3 Å². The highest BCUT2D eigenvalue weighted by molar-refractivity contribution is 6.35. The Kier molecular flexibility index (Phi) is 8.96. The Labute approximate surface area is 195 Å². The minimum Gasteiger partial charge on any atom is -0.350 e. The molecule has 2 aromatic rings. The number of nitrogens with one attached hydrogen (secondary N) is 1. The maximum absolute atomic E-state index is 13.3. The lowest BCUT2D eigenvalue weighted by Gasteiger charge is -2.33. The van der Waals surface area contributed by atoms with Crippen molar-refractivity contribution in [2.24, 2.45) is 0 Å². The maximum Gasteiger partial charge on any atom is 0.243 e. The molecule has 1 N–H and O–H groups in total. The van der Waals surface area contributed by atoms with E-state index in [1.165, 1.54) is 5.56 Å². The molecule has 1 atom stereocenters. The van der Waals surface area contributed by atoms with Crippen molar-refractivity contribution in [2.75, 3.05) is 0 Å². The van der Waals surface area contributed by atoms with E-state index in [-0.39, 0.29) is 23.9 Å². The van der Waals surface area contributed by atoms with Crippen molar-refractivity contribution in [3.8, 4) is 0 Å². The molecule has 0 bridgehead atoms. The average molecular weight is 463 g/mol. The summed E-state index contributed by atoms with van der Waals surface area (Å²) < 4.78 is 0. The molecule has 168 valence electrons. The van der Waals surface area contributed by atoms with Gasteiger partial charge in [0.25, 0.3) is 0 Å². The van der Waals surface area contributed by atoms with E-state index in [0.717, 1.165) is 11.1 Å². The summed E-state index contributed by atoms with van der Waals surface area (Å²) in [5.41, 5.74) is 2.64. The number of nitrogens with zero attached hydrogens (tertiary/aromatic N) is 1. The number of carbonyl (C=O) groups is 2. The standard InChI is InChI=1S/C25H32Cl2N2O2/c1-6-22(24(31)28-25(3,4)5)29(16-19-12-13-20(26)15-21(19)27)23(30)14-11-18-9-7-17(2)8-10-18/h7-10,12-13,15,22H,6,11,14,16H2,1-5H3,(H,28,31)/t22-/m1/s1. The van der Waals surface area contributed by atoms with Crippen molar-refractivity contribution < 1.29 is 9.59 Å². The maximum atomic E-state index is 13.3. The van der Waals surface area contributed by atoms with Crippen LogP contribution in [0.25, 0.3) is 0 Å². The van der Waals surface area contributed by atoms with Gasteiger partial charge in [0.1, 0.15) is 6.04 Å². The Balaban J connectivity index is 2.27. The summed E-state index contributed by atoms with van der Waals surface area (Å²) in [6, 6.07) is 12.8. The third-order valence-electron chi connectivity index (χ3n) is 4.99. The molecule has 0 fully saturated rings. The molecule has 0 radical (unpaired) electrons. The predicted octanol–water partition coefficient (Wildman–Crippen LogP) is 5.96. The second kappa shape index (κ2) is 11.0. The Morgan fingerprint density at radius 3 is 2.26 bits per heavy atom. The summed E-state index contributed by atoms with van der Waals surface area (Å²) in [6.07, 6.45) is 1.43. The van der Waals surface area contributed by atoms with Gasteiger partial charge in [-0.15, -0.1) is 0 Å². The van der Waals surface area contributed by atoms with Gasteiger partial charge in [-0.3, -0.25) is 9.59 Å². The first-order chi connectivity index (χ1) is 14.5. The molecule has 2 rings (SSSR count). The lowest BCUT2D eigenvalue weighted by atomic mass is 10.0. The highest BCUT2D eigenvalue weighted by Crippen LogP contribution is 2.24. The summed E-state index contributed by atoms with van der Waals surface area (Å²) in [5, 5.41) is 4.02. The van der Waals surface area contributed by atoms with Crippen LogP contribution in [-0.2, 0) is 22.6 Å². The topological polar surface area (TPSA) is 49.4 Å². The van der Waals surface area contributed by atoms with Gasteiger partial charge in [0.05, 0.1) is 0 Å². The number of amides is 2. The third kappa shape index (κ3) is 7.86. The Morgan fingerprint density at radius 1 is 1.06 bits per heavy atom. The SMILES string of the molecule is CC[C@H](C(=O)NC(C)(C)C)N(Cc1ccc(Cl)cc1Cl)C(=O)CCc1ccc(C)cc1. The molecule has 0 unspecified atom stereocenters. The number of hydrogen-bond acceptors (Lipinski definition) is 2. The molecular formula is C25H32Cl2N2O2. The van der Waals surface area contributed by atoms with Crippen LogP contribution < -0.4 is 5.32 Å². The number of rotatable bonds is 8. The van der Waals surface area contributed by atoms with Crippen LogP contribution in [0.2, 0.25) is 10.0 Å². The first-order valence-electron chi connectivity index (χ1n) is 10.6. The van der Waals surface area contributed by atoms with Crippen LogP contribution in [0.3, 0.4) is 0 Å². The van der Waals surface area contributed by atoms with Gasteiger partial charge in [0, 0.05) is 28.5 Å². The van der Waals surface area contributed by atoms with E-state index >= 15 is 0 Å². The summed E-state index contributed by atoms with van der Waals surface area (Å²) in [5.74, 6) is -0.244. The molecular weight excluding hydrogens is 431 g/mol. The number of hydrogen-bond donors (Lipinski definition) is 1. The van der Waals surface area contributed by atoms with E-state index in [1.807, 2.05) is 58.9 Å². The summed E-state index contributed by atoms with van der Waals surface area (Å²) in [6.45, 7) is 9.98. The molecule has 0 saturated carbocycles. The van der Waals surface area contributed by atoms with Crippen LogP contribution in [0.4, 0.5) is 0 Å². The van der Waals surface area contributed by atoms with Gasteiger partial charge in [0.15, 0.2) is 0 Å². The van der Waals surface area contributed by atoms with Gasteiger partial charge in [0.2, 0.25) is 11.8 Å². The average Bonchev–Trinajstić information content (AvgIpc) is 2.67. The van der Waals surface area contributed by atoms with Crippen LogP contribution in [0.1, 0.15) is 57.2 Å². The van der Waals surface area contributed by atoms with E-state index in [9.17, 15) is 9.59 Å². The fraction of sp³-hybridized carbons (Fsp3) is 0.440. The van der Waals surface area contributed by atoms with Gasteiger partial charge in [-0.1, -0.05) is 66.0 Å². The van der Waals surface area contributed by atoms with Crippen molar-refractivity contribution in [1.29, 1.82) is 0 Å². The Morgan fingerprint density at radius 2 is 1.71 bits per heavy atom. The highest BCUT2D eigenvalue weighted by Gasteiger charge is 2.30. The minimum atomic E-state index is -0.587. The molecule has 0 aliphatic carbocycles. The second-order valence-corrected chi connectivity index (χ2v) is 9.75.